The Morgan fingerprint density at radius 3 is 2.96 bits per heavy atom. The minimum atomic E-state index is -0.522. The number of benzene rings is 1. The van der Waals surface area contributed by atoms with Crippen molar-refractivity contribution in [3.05, 3.63) is 47.8 Å². The van der Waals surface area contributed by atoms with Crippen LogP contribution in [0.15, 0.2) is 36.7 Å². The second kappa shape index (κ2) is 7.27. The van der Waals surface area contributed by atoms with Crippen LogP contribution in [0.5, 0.6) is 5.75 Å². The molecule has 2 aromatic rings. The number of nitrogens with zero attached hydrogens (tertiary/aromatic N) is 3. The van der Waals surface area contributed by atoms with Crippen LogP contribution in [0, 0.1) is 5.92 Å². The highest BCUT2D eigenvalue weighted by atomic mass is 16.5. The predicted octanol–water partition coefficient (Wildman–Crippen LogP) is 2.50. The first-order valence-corrected chi connectivity index (χ1v) is 8.63. The maximum Gasteiger partial charge on any atom is 0.257 e. The Hall–Kier alpha value is -2.34. The van der Waals surface area contributed by atoms with Gasteiger partial charge in [0.05, 0.1) is 31.0 Å². The van der Waals surface area contributed by atoms with E-state index >= 15 is 0 Å². The second-order valence-corrected chi connectivity index (χ2v) is 6.98. The Kier molecular flexibility index (Phi) is 5.08. The van der Waals surface area contributed by atoms with E-state index in [0.29, 0.717) is 24.4 Å². The molecule has 6 nitrogen and oxygen atoms in total. The van der Waals surface area contributed by atoms with Crippen molar-refractivity contribution in [1.82, 2.24) is 14.7 Å². The molecule has 1 aliphatic heterocycles. The topological polar surface area (TPSA) is 67.6 Å². The molecule has 0 spiro atoms. The summed E-state index contributed by atoms with van der Waals surface area (Å²) < 4.78 is 7.08. The first-order valence-electron chi connectivity index (χ1n) is 8.63. The minimum Gasteiger partial charge on any atom is -0.497 e. The third-order valence-corrected chi connectivity index (χ3v) is 4.45. The first kappa shape index (κ1) is 17.5. The molecule has 0 bridgehead atoms. The van der Waals surface area contributed by atoms with E-state index in [1.165, 1.54) is 0 Å². The van der Waals surface area contributed by atoms with Gasteiger partial charge in [0.2, 0.25) is 0 Å². The Balaban J connectivity index is 1.83. The van der Waals surface area contributed by atoms with Gasteiger partial charge in [-0.25, -0.2) is 0 Å². The Morgan fingerprint density at radius 1 is 1.44 bits per heavy atom. The summed E-state index contributed by atoms with van der Waals surface area (Å²) >= 11 is 0. The first-order chi connectivity index (χ1) is 12.0. The molecule has 2 unspecified atom stereocenters. The van der Waals surface area contributed by atoms with Gasteiger partial charge in [0.25, 0.3) is 5.91 Å². The van der Waals surface area contributed by atoms with Crippen LogP contribution in [0.1, 0.15) is 42.2 Å². The highest BCUT2D eigenvalue weighted by Crippen LogP contribution is 2.34. The molecule has 0 radical (unpaired) electrons. The SMILES string of the molecule is COc1cccc(C2CC(O)CN2C(=O)c2cnn(CC(C)C)c2)c1. The molecule has 2 heterocycles. The average molecular weight is 343 g/mol. The lowest BCUT2D eigenvalue weighted by Gasteiger charge is -2.24. The van der Waals surface area contributed by atoms with Crippen molar-refractivity contribution in [2.75, 3.05) is 13.7 Å². The lowest BCUT2D eigenvalue weighted by molar-refractivity contribution is 0.0715. The van der Waals surface area contributed by atoms with E-state index in [-0.39, 0.29) is 11.9 Å². The molecule has 3 rings (SSSR count). The average Bonchev–Trinajstić information content (AvgIpc) is 3.20. The summed E-state index contributed by atoms with van der Waals surface area (Å²) in [5.41, 5.74) is 1.53. The van der Waals surface area contributed by atoms with Crippen molar-refractivity contribution in [3.63, 3.8) is 0 Å². The largest absolute Gasteiger partial charge is 0.497 e. The van der Waals surface area contributed by atoms with E-state index in [0.717, 1.165) is 17.9 Å². The van der Waals surface area contributed by atoms with Gasteiger partial charge in [-0.2, -0.15) is 5.10 Å². The Bertz CT molecular complexity index is 741. The highest BCUT2D eigenvalue weighted by Gasteiger charge is 2.36. The van der Waals surface area contributed by atoms with Gasteiger partial charge < -0.3 is 14.7 Å². The zero-order valence-corrected chi connectivity index (χ0v) is 14.9. The van der Waals surface area contributed by atoms with Crippen LogP contribution in [-0.4, -0.2) is 45.5 Å². The van der Waals surface area contributed by atoms with Crippen LogP contribution in [-0.2, 0) is 6.54 Å². The maximum absolute atomic E-state index is 13.0. The molecule has 2 atom stereocenters. The monoisotopic (exact) mass is 343 g/mol. The number of methoxy groups -OCH3 is 1. The van der Waals surface area contributed by atoms with Gasteiger partial charge in [0.15, 0.2) is 0 Å². The van der Waals surface area contributed by atoms with Crippen molar-refractivity contribution in [1.29, 1.82) is 0 Å². The van der Waals surface area contributed by atoms with Crippen LogP contribution in [0.4, 0.5) is 0 Å². The fourth-order valence-electron chi connectivity index (χ4n) is 3.32. The Labute approximate surface area is 148 Å². The number of aliphatic hydroxyl groups is 1. The van der Waals surface area contributed by atoms with Gasteiger partial charge >= 0.3 is 0 Å². The van der Waals surface area contributed by atoms with E-state index in [1.54, 1.807) is 29.1 Å². The van der Waals surface area contributed by atoms with Crippen molar-refractivity contribution in [2.24, 2.45) is 5.92 Å². The third kappa shape index (κ3) is 3.85. The predicted molar refractivity (Wildman–Crippen MR) is 94.5 cm³/mol. The summed E-state index contributed by atoms with van der Waals surface area (Å²) in [6.45, 7) is 5.32. The standard InChI is InChI=1S/C19H25N3O3/c1-13(2)10-21-11-15(9-20-21)19(24)22-12-16(23)8-18(22)14-5-4-6-17(7-14)25-3/h4-7,9,11,13,16,18,23H,8,10,12H2,1-3H3. The molecule has 0 saturated carbocycles. The van der Waals surface area contributed by atoms with Crippen LogP contribution in [0.2, 0.25) is 0 Å². The van der Waals surface area contributed by atoms with Gasteiger partial charge in [-0.1, -0.05) is 26.0 Å². The summed E-state index contributed by atoms with van der Waals surface area (Å²) in [5, 5.41) is 14.4. The molecule has 6 heteroatoms. The van der Waals surface area contributed by atoms with E-state index in [9.17, 15) is 9.90 Å². The molecule has 1 amide bonds. The number of aliphatic hydroxyl groups excluding tert-OH is 1. The zero-order chi connectivity index (χ0) is 18.0. The normalized spacial score (nSPS) is 20.3. The number of ether oxygens (including phenoxy) is 1. The summed E-state index contributed by atoms with van der Waals surface area (Å²) in [6, 6.07) is 7.50. The number of hydrogen-bond donors (Lipinski definition) is 1. The molecule has 1 saturated heterocycles. The molecule has 1 aromatic heterocycles. The molecule has 1 aliphatic rings. The maximum atomic E-state index is 13.0. The van der Waals surface area contributed by atoms with Crippen LogP contribution < -0.4 is 4.74 Å². The van der Waals surface area contributed by atoms with E-state index in [4.69, 9.17) is 4.74 Å². The number of likely N-dealkylation sites (tertiary alicyclic amines) is 1. The molecular formula is C19H25N3O3. The van der Waals surface area contributed by atoms with Gasteiger partial charge in [-0.15, -0.1) is 0 Å². The summed E-state index contributed by atoms with van der Waals surface area (Å²) in [4.78, 5) is 14.7. The van der Waals surface area contributed by atoms with Crippen LogP contribution in [0.3, 0.4) is 0 Å². The van der Waals surface area contributed by atoms with Crippen LogP contribution >= 0.6 is 0 Å². The summed E-state index contributed by atoms with van der Waals surface area (Å²) in [7, 11) is 1.62. The lowest BCUT2D eigenvalue weighted by atomic mass is 10.0. The van der Waals surface area contributed by atoms with Gasteiger partial charge in [0, 0.05) is 19.3 Å². The summed E-state index contributed by atoms with van der Waals surface area (Å²) in [6.07, 6.45) is 3.40. The second-order valence-electron chi connectivity index (χ2n) is 6.98. The van der Waals surface area contributed by atoms with Crippen molar-refractivity contribution >= 4 is 5.91 Å². The van der Waals surface area contributed by atoms with Gasteiger partial charge in [0.1, 0.15) is 5.75 Å². The quantitative estimate of drug-likeness (QED) is 0.906. The van der Waals surface area contributed by atoms with Gasteiger partial charge in [-0.3, -0.25) is 9.48 Å². The molecule has 25 heavy (non-hydrogen) atoms. The zero-order valence-electron chi connectivity index (χ0n) is 14.9. The van der Waals surface area contributed by atoms with Crippen molar-refractivity contribution in [3.8, 4) is 5.75 Å². The number of β-amino-alcohol motifs (C(OH)–C–C–N with tert-alkyl or cyclic N) is 1. The lowest BCUT2D eigenvalue weighted by Crippen LogP contribution is -2.31. The molecule has 134 valence electrons. The number of amides is 1. The van der Waals surface area contributed by atoms with Gasteiger partial charge in [-0.05, 0) is 30.0 Å². The number of carbonyl (C=O) groups excluding carboxylic acids is 1. The van der Waals surface area contributed by atoms with E-state index < -0.39 is 6.10 Å². The van der Waals surface area contributed by atoms with Crippen LogP contribution in [0.25, 0.3) is 0 Å². The molecule has 0 aliphatic carbocycles. The fourth-order valence-corrected chi connectivity index (χ4v) is 3.32. The Morgan fingerprint density at radius 2 is 2.24 bits per heavy atom. The number of aromatic nitrogens is 2. The van der Waals surface area contributed by atoms with E-state index in [2.05, 4.69) is 18.9 Å². The number of carbonyl (C=O) groups is 1. The summed E-state index contributed by atoms with van der Waals surface area (Å²) in [5.74, 6) is 1.11. The highest BCUT2D eigenvalue weighted by molar-refractivity contribution is 5.94. The third-order valence-electron chi connectivity index (χ3n) is 4.45. The minimum absolute atomic E-state index is 0.0978. The smallest absolute Gasteiger partial charge is 0.257 e. The van der Waals surface area contributed by atoms with E-state index in [1.807, 2.05) is 24.3 Å². The number of hydrogen-bond acceptors (Lipinski definition) is 4. The fraction of sp³-hybridized carbons (Fsp3) is 0.474. The van der Waals surface area contributed by atoms with Crippen molar-refractivity contribution < 1.29 is 14.6 Å². The molecule has 1 aromatic carbocycles. The molecule has 1 N–H and O–H groups in total. The molecular weight excluding hydrogens is 318 g/mol. The molecule has 1 fully saturated rings. The van der Waals surface area contributed by atoms with Crippen molar-refractivity contribution in [2.45, 2.75) is 39.0 Å². The number of rotatable bonds is 5.